The Morgan fingerprint density at radius 2 is 1.96 bits per heavy atom. The zero-order valence-electron chi connectivity index (χ0n) is 14.9. The zero-order chi connectivity index (χ0) is 19.4. The fourth-order valence-corrected chi connectivity index (χ4v) is 4.91. The van der Waals surface area contributed by atoms with Crippen LogP contribution in [-0.2, 0) is 14.8 Å². The monoisotopic (exact) mass is 451 g/mol. The molecule has 0 saturated carbocycles. The minimum Gasteiger partial charge on any atom is -0.490 e. The van der Waals surface area contributed by atoms with Crippen LogP contribution in [0.2, 0.25) is 0 Å². The van der Waals surface area contributed by atoms with Crippen LogP contribution in [0.1, 0.15) is 37.2 Å². The van der Waals surface area contributed by atoms with Crippen molar-refractivity contribution < 1.29 is 17.9 Å². The van der Waals surface area contributed by atoms with Crippen molar-refractivity contribution in [2.24, 2.45) is 0 Å². The number of benzene rings is 1. The fraction of sp³-hybridized carbons (Fsp3) is 0.350. The molecule has 0 bridgehead atoms. The molecule has 1 aliphatic carbocycles. The van der Waals surface area contributed by atoms with Crippen LogP contribution in [-0.4, -0.2) is 26.2 Å². The standard InChI is InChI=1S/C20H22BrNO4S/c1-14-6-9-17(4-2-3-5-19(14)21)26-18-10-7-15(8-11-18)16-12-20(23)22-27(24,25)13-16/h2-3,5,7-8,10-11,16-17H,1,4,6,9,12-13H2,(H,22,23)/b3-2-,19-5?/t16?,17-/m0/s1. The minimum atomic E-state index is -3.54. The molecular formula is C20H22BrNO4S. The largest absolute Gasteiger partial charge is 0.490 e. The number of allylic oxidation sites excluding steroid dienone is 4. The average molecular weight is 452 g/mol. The van der Waals surface area contributed by atoms with Crippen LogP contribution in [0.5, 0.6) is 5.75 Å². The number of amides is 1. The highest BCUT2D eigenvalue weighted by molar-refractivity contribution is 9.12. The van der Waals surface area contributed by atoms with E-state index in [4.69, 9.17) is 4.74 Å². The van der Waals surface area contributed by atoms with Gasteiger partial charge in [0.25, 0.3) is 0 Å². The molecule has 1 aromatic rings. The van der Waals surface area contributed by atoms with Crippen molar-refractivity contribution in [3.63, 3.8) is 0 Å². The molecule has 5 nitrogen and oxygen atoms in total. The van der Waals surface area contributed by atoms with Gasteiger partial charge in [-0.1, -0.05) is 46.8 Å². The van der Waals surface area contributed by atoms with Crippen molar-refractivity contribution >= 4 is 31.9 Å². The first-order valence-corrected chi connectivity index (χ1v) is 11.3. The Morgan fingerprint density at radius 3 is 2.67 bits per heavy atom. The summed E-state index contributed by atoms with van der Waals surface area (Å²) in [6.45, 7) is 4.07. The van der Waals surface area contributed by atoms with Gasteiger partial charge in [0, 0.05) is 23.2 Å². The number of halogens is 1. The average Bonchev–Trinajstić information content (AvgIpc) is 2.67. The first kappa shape index (κ1) is 19.9. The van der Waals surface area contributed by atoms with E-state index in [0.29, 0.717) is 0 Å². The van der Waals surface area contributed by atoms with Gasteiger partial charge in [0.2, 0.25) is 15.9 Å². The highest BCUT2D eigenvalue weighted by Gasteiger charge is 2.30. The van der Waals surface area contributed by atoms with Crippen molar-refractivity contribution in [2.75, 3.05) is 5.75 Å². The highest BCUT2D eigenvalue weighted by Crippen LogP contribution is 2.28. The maximum absolute atomic E-state index is 11.7. The second-order valence-corrected chi connectivity index (χ2v) is 9.46. The molecule has 1 heterocycles. The van der Waals surface area contributed by atoms with E-state index in [2.05, 4.69) is 28.6 Å². The SMILES string of the molecule is C=C1CC[C@@H](Oc2ccc(C3CC(=O)NS(=O)(=O)C3)cc2)C/C=C\C=C1Br. The van der Waals surface area contributed by atoms with Crippen LogP contribution in [0.25, 0.3) is 0 Å². The lowest BCUT2D eigenvalue weighted by atomic mass is 9.97. The molecule has 0 spiro atoms. The quantitative estimate of drug-likeness (QED) is 0.754. The van der Waals surface area contributed by atoms with Crippen LogP contribution in [0, 0.1) is 0 Å². The first-order valence-electron chi connectivity index (χ1n) is 8.83. The number of sulfonamides is 1. The molecule has 1 amide bonds. The molecule has 1 N–H and O–H groups in total. The summed E-state index contributed by atoms with van der Waals surface area (Å²) in [5.74, 6) is -0.116. The third-order valence-electron chi connectivity index (χ3n) is 4.66. The molecule has 0 aromatic heterocycles. The molecule has 3 rings (SSSR count). The van der Waals surface area contributed by atoms with Crippen molar-refractivity contribution in [3.05, 3.63) is 64.7 Å². The summed E-state index contributed by atoms with van der Waals surface area (Å²) in [6.07, 6.45) is 8.78. The van der Waals surface area contributed by atoms with E-state index in [-0.39, 0.29) is 24.2 Å². The topological polar surface area (TPSA) is 72.5 Å². The highest BCUT2D eigenvalue weighted by atomic mass is 79.9. The van der Waals surface area contributed by atoms with Crippen LogP contribution < -0.4 is 9.46 Å². The van der Waals surface area contributed by atoms with Crippen molar-refractivity contribution in [2.45, 2.75) is 37.7 Å². The summed E-state index contributed by atoms with van der Waals surface area (Å²) in [5.41, 5.74) is 1.87. The number of ether oxygens (including phenoxy) is 1. The Balaban J connectivity index is 1.65. The molecule has 0 radical (unpaired) electrons. The summed E-state index contributed by atoms with van der Waals surface area (Å²) in [4.78, 5) is 11.6. The Labute approximate surface area is 168 Å². The number of rotatable bonds is 3. The third kappa shape index (κ3) is 5.56. The minimum absolute atomic E-state index is 0.0384. The van der Waals surface area contributed by atoms with Crippen molar-refractivity contribution in [3.8, 4) is 5.75 Å². The molecule has 1 aliphatic heterocycles. The Morgan fingerprint density at radius 1 is 1.22 bits per heavy atom. The van der Waals surface area contributed by atoms with Crippen molar-refractivity contribution in [1.29, 1.82) is 0 Å². The van der Waals surface area contributed by atoms with Gasteiger partial charge < -0.3 is 4.74 Å². The lowest BCUT2D eigenvalue weighted by Gasteiger charge is -2.23. The molecular weight excluding hydrogens is 430 g/mol. The maximum atomic E-state index is 11.7. The van der Waals surface area contributed by atoms with Gasteiger partial charge in [0.15, 0.2) is 0 Å². The van der Waals surface area contributed by atoms with Gasteiger partial charge in [-0.05, 0) is 42.2 Å². The van der Waals surface area contributed by atoms with Crippen LogP contribution in [0.4, 0.5) is 0 Å². The molecule has 27 heavy (non-hydrogen) atoms. The summed E-state index contributed by atoms with van der Waals surface area (Å²) < 4.78 is 32.6. The van der Waals surface area contributed by atoms with E-state index in [1.165, 1.54) is 0 Å². The van der Waals surface area contributed by atoms with Crippen LogP contribution in [0.15, 0.2) is 59.1 Å². The molecule has 1 fully saturated rings. The zero-order valence-corrected chi connectivity index (χ0v) is 17.3. The molecule has 1 aromatic carbocycles. The van der Waals surface area contributed by atoms with Gasteiger partial charge in [-0.15, -0.1) is 0 Å². The van der Waals surface area contributed by atoms with E-state index < -0.39 is 15.9 Å². The van der Waals surface area contributed by atoms with Crippen LogP contribution >= 0.6 is 15.9 Å². The first-order chi connectivity index (χ1) is 12.8. The second-order valence-electron chi connectivity index (χ2n) is 6.84. The number of hydrogen-bond donors (Lipinski definition) is 1. The lowest BCUT2D eigenvalue weighted by Crippen LogP contribution is -2.40. The van der Waals surface area contributed by atoms with E-state index in [9.17, 15) is 13.2 Å². The van der Waals surface area contributed by atoms with Gasteiger partial charge >= 0.3 is 0 Å². The summed E-state index contributed by atoms with van der Waals surface area (Å²) in [5, 5.41) is 0. The number of carbonyl (C=O) groups excluding carboxylic acids is 1. The van der Waals surface area contributed by atoms with Gasteiger partial charge in [0.05, 0.1) is 5.75 Å². The van der Waals surface area contributed by atoms with E-state index in [1.54, 1.807) is 0 Å². The normalized spacial score (nSPS) is 26.8. The number of carbonyl (C=O) groups is 1. The molecule has 2 aliphatic rings. The smallest absolute Gasteiger partial charge is 0.235 e. The molecule has 1 saturated heterocycles. The summed E-state index contributed by atoms with van der Waals surface area (Å²) in [7, 11) is -3.54. The molecule has 1 unspecified atom stereocenters. The number of nitrogens with one attached hydrogen (secondary N) is 1. The third-order valence-corrected chi connectivity index (χ3v) is 6.86. The Bertz CT molecular complexity index is 887. The summed E-state index contributed by atoms with van der Waals surface area (Å²) in [6, 6.07) is 7.37. The number of hydrogen-bond acceptors (Lipinski definition) is 4. The predicted molar refractivity (Wildman–Crippen MR) is 109 cm³/mol. The maximum Gasteiger partial charge on any atom is 0.235 e. The van der Waals surface area contributed by atoms with E-state index >= 15 is 0 Å². The second kappa shape index (κ2) is 8.44. The Hall–Kier alpha value is -1.86. The summed E-state index contributed by atoms with van der Waals surface area (Å²) >= 11 is 3.52. The van der Waals surface area contributed by atoms with E-state index in [1.807, 2.05) is 41.1 Å². The molecule has 2 atom stereocenters. The predicted octanol–water partition coefficient (Wildman–Crippen LogP) is 3.94. The molecule has 7 heteroatoms. The van der Waals surface area contributed by atoms with Crippen molar-refractivity contribution in [1.82, 2.24) is 4.72 Å². The molecule has 144 valence electrons. The Kier molecular flexibility index (Phi) is 6.22. The van der Waals surface area contributed by atoms with Gasteiger partial charge in [-0.2, -0.15) is 0 Å². The lowest BCUT2D eigenvalue weighted by molar-refractivity contribution is -0.119. The van der Waals surface area contributed by atoms with Crippen LogP contribution in [0.3, 0.4) is 0 Å². The van der Waals surface area contributed by atoms with Gasteiger partial charge in [-0.3, -0.25) is 9.52 Å². The van der Waals surface area contributed by atoms with E-state index in [0.717, 1.165) is 40.6 Å². The fourth-order valence-electron chi connectivity index (χ4n) is 3.21. The van der Waals surface area contributed by atoms with Gasteiger partial charge in [0.1, 0.15) is 11.9 Å². The van der Waals surface area contributed by atoms with Gasteiger partial charge in [-0.25, -0.2) is 8.42 Å².